The molecule has 2 aromatic rings. The molecule has 5 heteroatoms. The number of rotatable bonds is 2. The number of aromatic nitrogens is 1. The normalized spacial score (nSPS) is 10.4. The first-order valence-electron chi connectivity index (χ1n) is 5.45. The highest BCUT2D eigenvalue weighted by Gasteiger charge is 2.12. The molecule has 0 spiro atoms. The van der Waals surface area contributed by atoms with Crippen LogP contribution in [-0.2, 0) is 4.74 Å². The van der Waals surface area contributed by atoms with Crippen LogP contribution in [0, 0.1) is 0 Å². The number of nitrogens with zero attached hydrogens (tertiary/aromatic N) is 1. The summed E-state index contributed by atoms with van der Waals surface area (Å²) in [6, 6.07) is 7.17. The van der Waals surface area contributed by atoms with Crippen LogP contribution in [0.1, 0.15) is 10.4 Å². The maximum absolute atomic E-state index is 11.7. The van der Waals surface area contributed by atoms with Gasteiger partial charge in [0.2, 0.25) is 0 Å². The van der Waals surface area contributed by atoms with Gasteiger partial charge in [0.1, 0.15) is 5.56 Å². The second-order valence-corrected chi connectivity index (χ2v) is 4.17. The van der Waals surface area contributed by atoms with Gasteiger partial charge in [-0.1, -0.05) is 6.07 Å². The van der Waals surface area contributed by atoms with Crippen LogP contribution in [-0.4, -0.2) is 32.2 Å². The van der Waals surface area contributed by atoms with Crippen molar-refractivity contribution >= 4 is 22.6 Å². The van der Waals surface area contributed by atoms with Crippen molar-refractivity contribution in [1.29, 1.82) is 0 Å². The maximum Gasteiger partial charge on any atom is 0.343 e. The summed E-state index contributed by atoms with van der Waals surface area (Å²) in [5, 5.41) is 0.792. The summed E-state index contributed by atoms with van der Waals surface area (Å²) in [4.78, 5) is 27.8. The quantitative estimate of drug-likeness (QED) is 0.813. The van der Waals surface area contributed by atoms with Crippen LogP contribution >= 0.6 is 0 Å². The summed E-state index contributed by atoms with van der Waals surface area (Å²) < 4.78 is 4.56. The van der Waals surface area contributed by atoms with Crippen molar-refractivity contribution < 1.29 is 9.53 Å². The van der Waals surface area contributed by atoms with Crippen molar-refractivity contribution in [3.05, 3.63) is 40.2 Å². The summed E-state index contributed by atoms with van der Waals surface area (Å²) in [5.74, 6) is -0.630. The molecule has 0 unspecified atom stereocenters. The van der Waals surface area contributed by atoms with E-state index in [9.17, 15) is 9.59 Å². The molecule has 0 saturated carbocycles. The predicted molar refractivity (Wildman–Crippen MR) is 70.2 cm³/mol. The van der Waals surface area contributed by atoms with Crippen LogP contribution in [0.15, 0.2) is 29.1 Å². The van der Waals surface area contributed by atoms with Gasteiger partial charge in [-0.05, 0) is 23.6 Å². The number of H-pyrrole nitrogens is 1. The third kappa shape index (κ3) is 2.07. The fourth-order valence-corrected chi connectivity index (χ4v) is 1.73. The monoisotopic (exact) mass is 246 g/mol. The van der Waals surface area contributed by atoms with E-state index < -0.39 is 11.5 Å². The smallest absolute Gasteiger partial charge is 0.343 e. The summed E-state index contributed by atoms with van der Waals surface area (Å²) in [6.07, 6.45) is 0. The van der Waals surface area contributed by atoms with Gasteiger partial charge in [0.15, 0.2) is 0 Å². The number of ether oxygens (including phenoxy) is 1. The number of hydrogen-bond donors (Lipinski definition) is 1. The second kappa shape index (κ2) is 4.52. The Morgan fingerprint density at radius 2 is 2.00 bits per heavy atom. The number of fused-ring (bicyclic) bond motifs is 1. The Balaban J connectivity index is 2.64. The summed E-state index contributed by atoms with van der Waals surface area (Å²) in [5.41, 5.74) is 1.25. The van der Waals surface area contributed by atoms with Crippen molar-refractivity contribution in [2.75, 3.05) is 26.1 Å². The van der Waals surface area contributed by atoms with Crippen LogP contribution in [0.3, 0.4) is 0 Å². The van der Waals surface area contributed by atoms with E-state index in [1.165, 1.54) is 7.11 Å². The van der Waals surface area contributed by atoms with Crippen LogP contribution in [0.2, 0.25) is 0 Å². The zero-order valence-corrected chi connectivity index (χ0v) is 10.5. The number of anilines is 1. The molecule has 0 saturated heterocycles. The predicted octanol–water partition coefficient (Wildman–Crippen LogP) is 1.38. The molecular weight excluding hydrogens is 232 g/mol. The second-order valence-electron chi connectivity index (χ2n) is 4.17. The molecule has 2 rings (SSSR count). The molecule has 94 valence electrons. The molecule has 5 nitrogen and oxygen atoms in total. The van der Waals surface area contributed by atoms with Crippen LogP contribution in [0.4, 0.5) is 5.69 Å². The number of esters is 1. The molecule has 0 atom stereocenters. The first kappa shape index (κ1) is 12.2. The minimum absolute atomic E-state index is 0.0163. The molecule has 0 amide bonds. The maximum atomic E-state index is 11.7. The van der Waals surface area contributed by atoms with E-state index >= 15 is 0 Å². The molecule has 18 heavy (non-hydrogen) atoms. The minimum Gasteiger partial charge on any atom is -0.465 e. The zero-order valence-electron chi connectivity index (χ0n) is 10.5. The third-order valence-corrected chi connectivity index (χ3v) is 2.75. The number of carbonyl (C=O) groups is 1. The molecule has 1 aromatic carbocycles. The Hall–Kier alpha value is -2.30. The van der Waals surface area contributed by atoms with Gasteiger partial charge in [0.25, 0.3) is 5.56 Å². The summed E-state index contributed by atoms with van der Waals surface area (Å²) in [6.45, 7) is 0. The Labute approximate surface area is 104 Å². The number of aromatic amines is 1. The lowest BCUT2D eigenvalue weighted by Gasteiger charge is -2.13. The molecule has 0 radical (unpaired) electrons. The van der Waals surface area contributed by atoms with Gasteiger partial charge in [-0.3, -0.25) is 4.79 Å². The van der Waals surface area contributed by atoms with Gasteiger partial charge in [-0.25, -0.2) is 4.79 Å². The Morgan fingerprint density at radius 3 is 2.61 bits per heavy atom. The molecule has 0 aliphatic carbocycles. The van der Waals surface area contributed by atoms with Gasteiger partial charge in [0.05, 0.1) is 12.6 Å². The van der Waals surface area contributed by atoms with Crippen molar-refractivity contribution in [3.8, 4) is 0 Å². The summed E-state index contributed by atoms with van der Waals surface area (Å²) in [7, 11) is 5.09. The van der Waals surface area contributed by atoms with Crippen LogP contribution < -0.4 is 10.5 Å². The fraction of sp³-hybridized carbons (Fsp3) is 0.231. The molecule has 1 aromatic heterocycles. The van der Waals surface area contributed by atoms with Gasteiger partial charge >= 0.3 is 5.97 Å². The lowest BCUT2D eigenvalue weighted by Crippen LogP contribution is -2.18. The minimum atomic E-state index is -0.630. The van der Waals surface area contributed by atoms with E-state index in [0.29, 0.717) is 5.52 Å². The van der Waals surface area contributed by atoms with E-state index in [1.807, 2.05) is 37.2 Å². The Kier molecular flexibility index (Phi) is 3.06. The first-order valence-corrected chi connectivity index (χ1v) is 5.45. The topological polar surface area (TPSA) is 62.4 Å². The lowest BCUT2D eigenvalue weighted by molar-refractivity contribution is 0.0599. The van der Waals surface area contributed by atoms with Crippen LogP contribution in [0.5, 0.6) is 0 Å². The van der Waals surface area contributed by atoms with Crippen molar-refractivity contribution in [3.63, 3.8) is 0 Å². The highest BCUT2D eigenvalue weighted by atomic mass is 16.5. The number of carbonyl (C=O) groups excluding carboxylic acids is 1. The lowest BCUT2D eigenvalue weighted by atomic mass is 10.1. The average molecular weight is 246 g/mol. The molecule has 1 heterocycles. The molecule has 0 bridgehead atoms. The van der Waals surface area contributed by atoms with E-state index in [-0.39, 0.29) is 5.56 Å². The van der Waals surface area contributed by atoms with Gasteiger partial charge in [0, 0.05) is 19.8 Å². The first-order chi connectivity index (χ1) is 8.52. The van der Waals surface area contributed by atoms with Crippen LogP contribution in [0.25, 0.3) is 10.9 Å². The highest BCUT2D eigenvalue weighted by molar-refractivity contribution is 5.94. The van der Waals surface area contributed by atoms with E-state index in [0.717, 1.165) is 11.1 Å². The molecule has 1 N–H and O–H groups in total. The third-order valence-electron chi connectivity index (χ3n) is 2.75. The standard InChI is InChI=1S/C13H14N2O3/c1-15(2)9-5-4-8-6-10(13(17)18-3)12(16)14-11(8)7-9/h4-7H,1-3H3,(H,14,16). The number of nitrogens with one attached hydrogen (secondary N) is 1. The van der Waals surface area contributed by atoms with E-state index in [1.54, 1.807) is 6.07 Å². The molecule has 0 fully saturated rings. The number of pyridine rings is 1. The molecular formula is C13H14N2O3. The van der Waals surface area contributed by atoms with Gasteiger partial charge < -0.3 is 14.6 Å². The Morgan fingerprint density at radius 1 is 1.28 bits per heavy atom. The van der Waals surface area contributed by atoms with Crippen molar-refractivity contribution in [1.82, 2.24) is 4.98 Å². The molecule has 0 aliphatic rings. The zero-order chi connectivity index (χ0) is 13.3. The van der Waals surface area contributed by atoms with Crippen molar-refractivity contribution in [2.24, 2.45) is 0 Å². The van der Waals surface area contributed by atoms with E-state index in [4.69, 9.17) is 0 Å². The fourth-order valence-electron chi connectivity index (χ4n) is 1.73. The highest BCUT2D eigenvalue weighted by Crippen LogP contribution is 2.18. The number of benzene rings is 1. The largest absolute Gasteiger partial charge is 0.465 e. The van der Waals surface area contributed by atoms with E-state index in [2.05, 4.69) is 9.72 Å². The van der Waals surface area contributed by atoms with Gasteiger partial charge in [-0.2, -0.15) is 0 Å². The SMILES string of the molecule is COC(=O)c1cc2ccc(N(C)C)cc2[nH]c1=O. The number of methoxy groups -OCH3 is 1. The average Bonchev–Trinajstić information content (AvgIpc) is 2.36. The van der Waals surface area contributed by atoms with Crippen molar-refractivity contribution in [2.45, 2.75) is 0 Å². The summed E-state index contributed by atoms with van der Waals surface area (Å²) >= 11 is 0. The Bertz CT molecular complexity index is 659. The molecule has 0 aliphatic heterocycles. The number of hydrogen-bond acceptors (Lipinski definition) is 4. The van der Waals surface area contributed by atoms with Gasteiger partial charge in [-0.15, -0.1) is 0 Å².